The number of rotatable bonds is 4. The Hall–Kier alpha value is -2.33. The first-order valence-corrected chi connectivity index (χ1v) is 11.0. The van der Waals surface area contributed by atoms with Crippen molar-refractivity contribution in [2.24, 2.45) is 0 Å². The number of nitriles is 1. The quantitative estimate of drug-likeness (QED) is 0.839. The van der Waals surface area contributed by atoms with Crippen LogP contribution in [0.4, 0.5) is 5.69 Å². The van der Waals surface area contributed by atoms with Crippen LogP contribution in [0.5, 0.6) is 0 Å². The molecule has 4 rings (SSSR count). The van der Waals surface area contributed by atoms with Crippen molar-refractivity contribution in [2.75, 3.05) is 31.1 Å². The fourth-order valence-electron chi connectivity index (χ4n) is 4.04. The second-order valence-corrected chi connectivity index (χ2v) is 8.76. The molecule has 1 fully saturated rings. The van der Waals surface area contributed by atoms with Crippen LogP contribution < -0.4 is 4.90 Å². The Bertz CT molecular complexity index is 903. The number of carbonyl (C=O) groups excluding carboxylic acids is 1. The number of aliphatic hydroxyl groups excluding tert-OH is 1. The van der Waals surface area contributed by atoms with Crippen molar-refractivity contribution in [3.8, 4) is 6.07 Å². The molecule has 0 aliphatic carbocycles. The molecule has 1 N–H and O–H groups in total. The van der Waals surface area contributed by atoms with E-state index in [4.69, 9.17) is 5.26 Å². The molecule has 2 aromatic carbocycles. The van der Waals surface area contributed by atoms with E-state index in [2.05, 4.69) is 11.0 Å². The Morgan fingerprint density at radius 1 is 1.03 bits per heavy atom. The van der Waals surface area contributed by atoms with E-state index in [1.807, 2.05) is 36.4 Å². The van der Waals surface area contributed by atoms with Gasteiger partial charge in [0.05, 0.1) is 22.6 Å². The number of thioether (sulfide) groups is 1. The zero-order chi connectivity index (χ0) is 20.2. The summed E-state index contributed by atoms with van der Waals surface area (Å²) in [5, 5.41) is 19.6. The molecule has 150 valence electrons. The second kappa shape index (κ2) is 9.00. The van der Waals surface area contributed by atoms with Gasteiger partial charge >= 0.3 is 0 Å². The lowest BCUT2D eigenvalue weighted by Gasteiger charge is -2.30. The number of anilines is 1. The average molecular weight is 408 g/mol. The molecule has 0 saturated carbocycles. The van der Waals surface area contributed by atoms with Gasteiger partial charge in [0.25, 0.3) is 5.91 Å². The van der Waals surface area contributed by atoms with Crippen molar-refractivity contribution in [3.63, 3.8) is 0 Å². The first-order chi connectivity index (χ1) is 14.2. The van der Waals surface area contributed by atoms with Crippen LogP contribution in [0.1, 0.15) is 35.6 Å². The molecule has 2 heterocycles. The van der Waals surface area contributed by atoms with Crippen molar-refractivity contribution in [1.82, 2.24) is 4.90 Å². The second-order valence-electron chi connectivity index (χ2n) is 7.58. The third-order valence-electron chi connectivity index (χ3n) is 5.67. The van der Waals surface area contributed by atoms with Gasteiger partial charge in [0.1, 0.15) is 6.10 Å². The first kappa shape index (κ1) is 20.0. The number of aliphatic hydroxyl groups is 1. The van der Waals surface area contributed by atoms with Crippen LogP contribution in [-0.4, -0.2) is 48.2 Å². The monoisotopic (exact) mass is 407 g/mol. The van der Waals surface area contributed by atoms with Gasteiger partial charge < -0.3 is 14.9 Å². The first-order valence-electron chi connectivity index (χ1n) is 10.1. The van der Waals surface area contributed by atoms with E-state index in [1.54, 1.807) is 17.0 Å². The summed E-state index contributed by atoms with van der Waals surface area (Å²) in [7, 11) is 0. The number of benzene rings is 2. The molecule has 29 heavy (non-hydrogen) atoms. The van der Waals surface area contributed by atoms with Crippen LogP contribution in [-0.2, 0) is 4.79 Å². The molecule has 2 aliphatic heterocycles. The molecule has 0 spiro atoms. The maximum Gasteiger partial charge on any atom is 0.257 e. The van der Waals surface area contributed by atoms with Gasteiger partial charge in [-0.05, 0) is 55.8 Å². The Morgan fingerprint density at radius 2 is 1.76 bits per heavy atom. The van der Waals surface area contributed by atoms with E-state index in [0.29, 0.717) is 12.1 Å². The van der Waals surface area contributed by atoms with E-state index in [0.717, 1.165) is 35.8 Å². The van der Waals surface area contributed by atoms with Crippen molar-refractivity contribution in [2.45, 2.75) is 35.5 Å². The molecule has 2 aliphatic rings. The lowest BCUT2D eigenvalue weighted by molar-refractivity contribution is -0.126. The Morgan fingerprint density at radius 3 is 2.48 bits per heavy atom. The Balaban J connectivity index is 1.61. The highest BCUT2D eigenvalue weighted by Crippen LogP contribution is 2.45. The lowest BCUT2D eigenvalue weighted by Crippen LogP contribution is -2.45. The Labute approximate surface area is 175 Å². The van der Waals surface area contributed by atoms with Crippen molar-refractivity contribution in [1.29, 1.82) is 5.26 Å². The number of para-hydroxylation sites is 1. The van der Waals surface area contributed by atoms with Gasteiger partial charge in [-0.2, -0.15) is 5.26 Å². The summed E-state index contributed by atoms with van der Waals surface area (Å²) in [4.78, 5) is 18.4. The van der Waals surface area contributed by atoms with Crippen molar-refractivity contribution < 1.29 is 9.90 Å². The number of carbonyl (C=O) groups is 1. The number of likely N-dealkylation sites (tertiary alicyclic amines) is 1. The maximum atomic E-state index is 13.3. The van der Waals surface area contributed by atoms with Crippen LogP contribution >= 0.6 is 11.8 Å². The van der Waals surface area contributed by atoms with Crippen LogP contribution in [0.25, 0.3) is 0 Å². The maximum absolute atomic E-state index is 13.3. The van der Waals surface area contributed by atoms with Crippen molar-refractivity contribution >= 4 is 23.4 Å². The number of hydrogen-bond donors (Lipinski definition) is 1. The standard InChI is InChI=1S/C23H25N3O2S/c24-16-17-8-10-18(11-9-17)22-21(27)23(28)26(15-14-25-12-4-1-5-13-25)19-6-2-3-7-20(19)29-22/h2-3,6-11,21-22,27H,1,4-5,12-15H2/t21-,22+/m0/s1. The number of piperidine rings is 1. The summed E-state index contributed by atoms with van der Waals surface area (Å²) in [6.07, 6.45) is 2.57. The topological polar surface area (TPSA) is 67.6 Å². The van der Waals surface area contributed by atoms with Gasteiger partial charge in [-0.25, -0.2) is 0 Å². The fraction of sp³-hybridized carbons (Fsp3) is 0.391. The van der Waals surface area contributed by atoms with Gasteiger partial charge in [0, 0.05) is 18.0 Å². The predicted molar refractivity (Wildman–Crippen MR) is 115 cm³/mol. The molecular weight excluding hydrogens is 382 g/mol. The van der Waals surface area contributed by atoms with Gasteiger partial charge in [0.15, 0.2) is 0 Å². The summed E-state index contributed by atoms with van der Waals surface area (Å²) in [5.41, 5.74) is 2.29. The average Bonchev–Trinajstić information content (AvgIpc) is 2.88. The summed E-state index contributed by atoms with van der Waals surface area (Å²) in [6, 6.07) is 17.1. The minimum absolute atomic E-state index is 0.256. The van der Waals surface area contributed by atoms with Crippen LogP contribution in [0, 0.1) is 11.3 Å². The number of hydrogen-bond acceptors (Lipinski definition) is 5. The fourth-order valence-corrected chi connectivity index (χ4v) is 5.31. The minimum Gasteiger partial charge on any atom is -0.382 e. The molecule has 0 radical (unpaired) electrons. The van der Waals surface area contributed by atoms with Gasteiger partial charge in [-0.3, -0.25) is 4.79 Å². The molecular formula is C23H25N3O2S. The minimum atomic E-state index is -1.14. The molecule has 2 atom stereocenters. The summed E-state index contributed by atoms with van der Waals surface area (Å²) >= 11 is 1.51. The smallest absolute Gasteiger partial charge is 0.257 e. The molecule has 1 amide bonds. The van der Waals surface area contributed by atoms with Gasteiger partial charge in [-0.15, -0.1) is 11.8 Å². The molecule has 0 aromatic heterocycles. The SMILES string of the molecule is N#Cc1ccc([C@H]2Sc3ccccc3N(CCN3CCCCC3)C(=O)[C@H]2O)cc1. The summed E-state index contributed by atoms with van der Waals surface area (Å²) in [6.45, 7) is 3.55. The molecule has 2 aromatic rings. The van der Waals surface area contributed by atoms with E-state index >= 15 is 0 Å². The lowest BCUT2D eigenvalue weighted by atomic mass is 10.0. The van der Waals surface area contributed by atoms with Crippen LogP contribution in [0.2, 0.25) is 0 Å². The normalized spacial score (nSPS) is 22.6. The molecule has 0 bridgehead atoms. The Kier molecular flexibility index (Phi) is 6.19. The highest BCUT2D eigenvalue weighted by molar-refractivity contribution is 7.99. The highest BCUT2D eigenvalue weighted by Gasteiger charge is 2.37. The van der Waals surface area contributed by atoms with Gasteiger partial charge in [-0.1, -0.05) is 30.7 Å². The molecule has 6 heteroatoms. The molecule has 0 unspecified atom stereocenters. The van der Waals surface area contributed by atoms with Crippen molar-refractivity contribution in [3.05, 3.63) is 59.7 Å². The summed E-state index contributed by atoms with van der Waals surface area (Å²) in [5.74, 6) is -0.256. The number of fused-ring (bicyclic) bond motifs is 1. The molecule has 5 nitrogen and oxygen atoms in total. The highest BCUT2D eigenvalue weighted by atomic mass is 32.2. The van der Waals surface area contributed by atoms with Crippen LogP contribution in [0.15, 0.2) is 53.4 Å². The van der Waals surface area contributed by atoms with E-state index in [-0.39, 0.29) is 5.91 Å². The third-order valence-corrected chi connectivity index (χ3v) is 7.06. The largest absolute Gasteiger partial charge is 0.382 e. The van der Waals surface area contributed by atoms with Gasteiger partial charge in [0.2, 0.25) is 0 Å². The number of nitrogens with zero attached hydrogens (tertiary/aromatic N) is 3. The van der Waals surface area contributed by atoms with E-state index in [1.165, 1.54) is 31.0 Å². The van der Waals surface area contributed by atoms with E-state index in [9.17, 15) is 9.90 Å². The predicted octanol–water partition coefficient (Wildman–Crippen LogP) is 3.59. The van der Waals surface area contributed by atoms with E-state index < -0.39 is 11.4 Å². The van der Waals surface area contributed by atoms with Crippen LogP contribution in [0.3, 0.4) is 0 Å². The zero-order valence-corrected chi connectivity index (χ0v) is 17.1. The third kappa shape index (κ3) is 4.32. The zero-order valence-electron chi connectivity index (χ0n) is 16.3. The summed E-state index contributed by atoms with van der Waals surface area (Å²) < 4.78 is 0. The number of amides is 1. The molecule has 1 saturated heterocycles.